The third kappa shape index (κ3) is 2.21. The standard InChI is InChI=1S/C14H17N3O2/c1-10-12(9-16-6-2-3-7-16)17-8-11(14(18)19)4-5-13(17)15-10/h4-5,8H,2-3,6-7,9H2,1H3,(H,18,19). The number of fused-ring (bicyclic) bond motifs is 1. The van der Waals surface area contributed by atoms with Gasteiger partial charge in [0.1, 0.15) is 5.65 Å². The summed E-state index contributed by atoms with van der Waals surface area (Å²) >= 11 is 0. The Morgan fingerprint density at radius 3 is 2.79 bits per heavy atom. The molecule has 0 amide bonds. The fraction of sp³-hybridized carbons (Fsp3) is 0.429. The number of carboxylic acid groups (broad SMARTS) is 1. The highest BCUT2D eigenvalue weighted by molar-refractivity contribution is 5.87. The predicted molar refractivity (Wildman–Crippen MR) is 71.4 cm³/mol. The second-order valence-corrected chi connectivity index (χ2v) is 5.08. The highest BCUT2D eigenvalue weighted by Gasteiger charge is 2.17. The summed E-state index contributed by atoms with van der Waals surface area (Å²) in [6.07, 6.45) is 4.16. The van der Waals surface area contributed by atoms with Crippen molar-refractivity contribution in [2.24, 2.45) is 0 Å². The number of likely N-dealkylation sites (tertiary alicyclic amines) is 1. The summed E-state index contributed by atoms with van der Waals surface area (Å²) < 4.78 is 1.91. The van der Waals surface area contributed by atoms with Crippen molar-refractivity contribution in [3.63, 3.8) is 0 Å². The van der Waals surface area contributed by atoms with Crippen LogP contribution in [0.4, 0.5) is 0 Å². The van der Waals surface area contributed by atoms with Gasteiger partial charge in [-0.3, -0.25) is 4.90 Å². The van der Waals surface area contributed by atoms with Crippen molar-refractivity contribution in [1.82, 2.24) is 14.3 Å². The van der Waals surface area contributed by atoms with Crippen LogP contribution < -0.4 is 0 Å². The number of pyridine rings is 1. The predicted octanol–water partition coefficient (Wildman–Crippen LogP) is 1.94. The first kappa shape index (κ1) is 12.2. The number of hydrogen-bond acceptors (Lipinski definition) is 3. The summed E-state index contributed by atoms with van der Waals surface area (Å²) in [5.74, 6) is -0.902. The van der Waals surface area contributed by atoms with Crippen LogP contribution in [0.15, 0.2) is 18.3 Å². The molecule has 0 atom stereocenters. The normalized spacial score (nSPS) is 16.3. The van der Waals surface area contributed by atoms with Crippen LogP contribution in [0.3, 0.4) is 0 Å². The number of aromatic carboxylic acids is 1. The number of aromatic nitrogens is 2. The molecule has 0 unspecified atom stereocenters. The quantitative estimate of drug-likeness (QED) is 0.915. The number of carbonyl (C=O) groups is 1. The van der Waals surface area contributed by atoms with Gasteiger partial charge in [0.15, 0.2) is 0 Å². The molecule has 2 aromatic rings. The first-order valence-corrected chi connectivity index (χ1v) is 6.58. The Balaban J connectivity index is 2.03. The van der Waals surface area contributed by atoms with E-state index in [2.05, 4.69) is 9.88 Å². The van der Waals surface area contributed by atoms with Crippen molar-refractivity contribution in [1.29, 1.82) is 0 Å². The van der Waals surface area contributed by atoms with Gasteiger partial charge in [-0.2, -0.15) is 0 Å². The van der Waals surface area contributed by atoms with Crippen molar-refractivity contribution >= 4 is 11.6 Å². The summed E-state index contributed by atoms with van der Waals surface area (Å²) in [7, 11) is 0. The Morgan fingerprint density at radius 1 is 1.37 bits per heavy atom. The van der Waals surface area contributed by atoms with Gasteiger partial charge in [0, 0.05) is 12.7 Å². The van der Waals surface area contributed by atoms with Crippen LogP contribution in [0.5, 0.6) is 0 Å². The van der Waals surface area contributed by atoms with Gasteiger partial charge in [-0.1, -0.05) is 0 Å². The number of nitrogens with zero attached hydrogens (tertiary/aromatic N) is 3. The minimum Gasteiger partial charge on any atom is -0.478 e. The molecule has 5 nitrogen and oxygen atoms in total. The van der Waals surface area contributed by atoms with E-state index < -0.39 is 5.97 Å². The molecular formula is C14H17N3O2. The number of aryl methyl sites for hydroxylation is 1. The van der Waals surface area contributed by atoms with Crippen LogP contribution in [-0.2, 0) is 6.54 Å². The molecule has 5 heteroatoms. The van der Waals surface area contributed by atoms with Gasteiger partial charge in [0.25, 0.3) is 0 Å². The molecule has 3 heterocycles. The van der Waals surface area contributed by atoms with E-state index in [1.807, 2.05) is 11.3 Å². The topological polar surface area (TPSA) is 57.8 Å². The van der Waals surface area contributed by atoms with Gasteiger partial charge in [0.05, 0.1) is 17.0 Å². The van der Waals surface area contributed by atoms with Gasteiger partial charge in [-0.25, -0.2) is 9.78 Å². The summed E-state index contributed by atoms with van der Waals surface area (Å²) in [5, 5.41) is 9.08. The molecule has 1 aliphatic rings. The smallest absolute Gasteiger partial charge is 0.337 e. The second kappa shape index (κ2) is 4.66. The molecule has 0 aliphatic carbocycles. The zero-order chi connectivity index (χ0) is 13.4. The number of imidazole rings is 1. The third-order valence-electron chi connectivity index (χ3n) is 3.74. The molecule has 100 valence electrons. The zero-order valence-electron chi connectivity index (χ0n) is 11.0. The maximum absolute atomic E-state index is 11.1. The molecule has 2 aromatic heterocycles. The molecule has 1 N–H and O–H groups in total. The van der Waals surface area contributed by atoms with Gasteiger partial charge < -0.3 is 9.51 Å². The maximum Gasteiger partial charge on any atom is 0.337 e. The first-order chi connectivity index (χ1) is 9.15. The van der Waals surface area contributed by atoms with E-state index in [0.717, 1.165) is 36.7 Å². The monoisotopic (exact) mass is 259 g/mol. The molecule has 1 fully saturated rings. The highest BCUT2D eigenvalue weighted by atomic mass is 16.4. The van der Waals surface area contributed by atoms with E-state index in [-0.39, 0.29) is 0 Å². The first-order valence-electron chi connectivity index (χ1n) is 6.58. The fourth-order valence-corrected chi connectivity index (χ4v) is 2.68. The average molecular weight is 259 g/mol. The lowest BCUT2D eigenvalue weighted by Crippen LogP contribution is -2.20. The molecule has 19 heavy (non-hydrogen) atoms. The lowest BCUT2D eigenvalue weighted by atomic mass is 10.3. The van der Waals surface area contributed by atoms with Crippen molar-refractivity contribution in [2.45, 2.75) is 26.3 Å². The molecule has 1 aliphatic heterocycles. The molecule has 0 bridgehead atoms. The molecule has 0 saturated carbocycles. The number of rotatable bonds is 3. The largest absolute Gasteiger partial charge is 0.478 e. The van der Waals surface area contributed by atoms with E-state index in [1.54, 1.807) is 18.3 Å². The lowest BCUT2D eigenvalue weighted by molar-refractivity contribution is 0.0696. The van der Waals surface area contributed by atoms with Crippen molar-refractivity contribution in [3.8, 4) is 0 Å². The third-order valence-corrected chi connectivity index (χ3v) is 3.74. The van der Waals surface area contributed by atoms with E-state index in [1.165, 1.54) is 12.8 Å². The Morgan fingerprint density at radius 2 is 2.11 bits per heavy atom. The Labute approximate surface area is 111 Å². The average Bonchev–Trinajstić information content (AvgIpc) is 2.98. The Hall–Kier alpha value is -1.88. The van der Waals surface area contributed by atoms with Crippen LogP contribution in [-0.4, -0.2) is 38.4 Å². The summed E-state index contributed by atoms with van der Waals surface area (Å²) in [6, 6.07) is 3.37. The molecule has 1 saturated heterocycles. The molecule has 3 rings (SSSR count). The number of hydrogen-bond donors (Lipinski definition) is 1. The molecular weight excluding hydrogens is 242 g/mol. The van der Waals surface area contributed by atoms with Crippen LogP contribution in [0, 0.1) is 6.92 Å². The van der Waals surface area contributed by atoms with E-state index in [0.29, 0.717) is 5.56 Å². The van der Waals surface area contributed by atoms with E-state index in [4.69, 9.17) is 5.11 Å². The van der Waals surface area contributed by atoms with E-state index in [9.17, 15) is 4.79 Å². The second-order valence-electron chi connectivity index (χ2n) is 5.08. The fourth-order valence-electron chi connectivity index (χ4n) is 2.68. The van der Waals surface area contributed by atoms with Gasteiger partial charge in [0.2, 0.25) is 0 Å². The van der Waals surface area contributed by atoms with Crippen molar-refractivity contribution in [2.75, 3.05) is 13.1 Å². The molecule has 0 spiro atoms. The SMILES string of the molecule is Cc1nc2ccc(C(=O)O)cn2c1CN1CCCC1. The van der Waals surface area contributed by atoms with E-state index >= 15 is 0 Å². The highest BCUT2D eigenvalue weighted by Crippen LogP contribution is 2.18. The van der Waals surface area contributed by atoms with Crippen LogP contribution in [0.2, 0.25) is 0 Å². The maximum atomic E-state index is 11.1. The van der Waals surface area contributed by atoms with Crippen LogP contribution in [0.1, 0.15) is 34.6 Å². The Kier molecular flexibility index (Phi) is 2.98. The minimum absolute atomic E-state index is 0.299. The lowest BCUT2D eigenvalue weighted by Gasteiger charge is -2.14. The van der Waals surface area contributed by atoms with Gasteiger partial charge in [-0.15, -0.1) is 0 Å². The molecule has 0 radical (unpaired) electrons. The van der Waals surface area contributed by atoms with Crippen LogP contribution in [0.25, 0.3) is 5.65 Å². The van der Waals surface area contributed by atoms with Gasteiger partial charge >= 0.3 is 5.97 Å². The van der Waals surface area contributed by atoms with Gasteiger partial charge in [-0.05, 0) is 45.0 Å². The zero-order valence-corrected chi connectivity index (χ0v) is 11.0. The van der Waals surface area contributed by atoms with Crippen LogP contribution >= 0.6 is 0 Å². The summed E-state index contributed by atoms with van der Waals surface area (Å²) in [5.41, 5.74) is 3.19. The number of carboxylic acids is 1. The summed E-state index contributed by atoms with van der Waals surface area (Å²) in [4.78, 5) is 18.0. The minimum atomic E-state index is -0.902. The summed E-state index contributed by atoms with van der Waals surface area (Å²) in [6.45, 7) is 5.06. The van der Waals surface area contributed by atoms with Crippen molar-refractivity contribution in [3.05, 3.63) is 35.3 Å². The Bertz CT molecular complexity index is 627. The van der Waals surface area contributed by atoms with Crippen molar-refractivity contribution < 1.29 is 9.90 Å². The molecule has 0 aromatic carbocycles.